The van der Waals surface area contributed by atoms with Crippen molar-refractivity contribution in [3.8, 4) is 0 Å². The Balaban J connectivity index is 2.75. The lowest BCUT2D eigenvalue weighted by Gasteiger charge is -2.19. The van der Waals surface area contributed by atoms with Crippen molar-refractivity contribution < 1.29 is 14.7 Å². The van der Waals surface area contributed by atoms with E-state index in [2.05, 4.69) is 21.2 Å². The highest BCUT2D eigenvalue weighted by Gasteiger charge is 2.14. The molecule has 0 aliphatic rings. The Morgan fingerprint density at radius 2 is 2.00 bits per heavy atom. The third kappa shape index (κ3) is 5.21. The molecule has 1 rings (SSSR count). The molecule has 0 aromatic heterocycles. The number of hydrogen-bond acceptors (Lipinski definition) is 3. The average Bonchev–Trinajstić information content (AvgIpc) is 2.26. The molecule has 110 valence electrons. The number of carbonyl (C=O) groups excluding carboxylic acids is 1. The number of nitrogens with one attached hydrogen (secondary N) is 1. The molecule has 1 atom stereocenters. The Hall–Kier alpha value is -1.56. The van der Waals surface area contributed by atoms with Crippen molar-refractivity contribution in [2.75, 3.05) is 24.3 Å². The number of anilines is 2. The fourth-order valence-corrected chi connectivity index (χ4v) is 2.25. The normalized spacial score (nSPS) is 11.8. The first-order valence-electron chi connectivity index (χ1n) is 6.28. The van der Waals surface area contributed by atoms with E-state index in [9.17, 15) is 9.59 Å². The van der Waals surface area contributed by atoms with E-state index in [1.807, 2.05) is 37.2 Å². The van der Waals surface area contributed by atoms with Crippen LogP contribution in [0.5, 0.6) is 0 Å². The minimum Gasteiger partial charge on any atom is -0.481 e. The van der Waals surface area contributed by atoms with E-state index < -0.39 is 5.97 Å². The maximum atomic E-state index is 12.0. The highest BCUT2D eigenvalue weighted by molar-refractivity contribution is 9.10. The van der Waals surface area contributed by atoms with Crippen molar-refractivity contribution in [2.45, 2.75) is 19.8 Å². The third-order valence-electron chi connectivity index (χ3n) is 2.77. The number of aliphatic carboxylic acids is 1. The second kappa shape index (κ2) is 7.28. The van der Waals surface area contributed by atoms with Crippen LogP contribution in [0.2, 0.25) is 0 Å². The number of carboxylic acid groups (broad SMARTS) is 1. The molecule has 0 radical (unpaired) electrons. The quantitative estimate of drug-likeness (QED) is 0.833. The Morgan fingerprint density at radius 3 is 2.55 bits per heavy atom. The molecule has 20 heavy (non-hydrogen) atoms. The summed E-state index contributed by atoms with van der Waals surface area (Å²) < 4.78 is 0.872. The summed E-state index contributed by atoms with van der Waals surface area (Å²) in [4.78, 5) is 24.5. The fraction of sp³-hybridized carbons (Fsp3) is 0.429. The molecule has 0 aliphatic carbocycles. The van der Waals surface area contributed by atoms with Crippen LogP contribution in [0.4, 0.5) is 11.4 Å². The van der Waals surface area contributed by atoms with Crippen LogP contribution in [0.1, 0.15) is 19.8 Å². The summed E-state index contributed by atoms with van der Waals surface area (Å²) in [6.45, 7) is 1.75. The monoisotopic (exact) mass is 342 g/mol. The van der Waals surface area contributed by atoms with Crippen molar-refractivity contribution in [3.63, 3.8) is 0 Å². The molecule has 0 aliphatic heterocycles. The predicted molar refractivity (Wildman–Crippen MR) is 83.1 cm³/mol. The van der Waals surface area contributed by atoms with Crippen LogP contribution in [0, 0.1) is 5.92 Å². The molecule has 1 unspecified atom stereocenters. The molecule has 0 heterocycles. The summed E-state index contributed by atoms with van der Waals surface area (Å²) in [7, 11) is 3.79. The maximum Gasteiger partial charge on any atom is 0.303 e. The smallest absolute Gasteiger partial charge is 0.303 e. The van der Waals surface area contributed by atoms with Gasteiger partial charge in [-0.15, -0.1) is 0 Å². The number of rotatable bonds is 6. The van der Waals surface area contributed by atoms with E-state index in [1.54, 1.807) is 6.92 Å². The third-order valence-corrected chi connectivity index (χ3v) is 3.26. The van der Waals surface area contributed by atoms with Gasteiger partial charge in [0.05, 0.1) is 11.4 Å². The highest BCUT2D eigenvalue weighted by atomic mass is 79.9. The molecule has 1 aromatic carbocycles. The molecule has 0 saturated heterocycles. The lowest BCUT2D eigenvalue weighted by atomic mass is 10.0. The van der Waals surface area contributed by atoms with E-state index in [1.165, 1.54) is 0 Å². The number of amides is 1. The molecule has 0 saturated carbocycles. The molecule has 0 fully saturated rings. The van der Waals surface area contributed by atoms with E-state index in [0.29, 0.717) is 5.69 Å². The Bertz CT molecular complexity index is 503. The summed E-state index contributed by atoms with van der Waals surface area (Å²) in [6.07, 6.45) is 0.179. The lowest BCUT2D eigenvalue weighted by molar-refractivity contribution is -0.138. The van der Waals surface area contributed by atoms with Crippen molar-refractivity contribution in [3.05, 3.63) is 22.7 Å². The molecule has 0 bridgehead atoms. The largest absolute Gasteiger partial charge is 0.481 e. The van der Waals surface area contributed by atoms with Crippen molar-refractivity contribution in [1.82, 2.24) is 0 Å². The molecule has 5 nitrogen and oxygen atoms in total. The predicted octanol–water partition coefficient (Wildman–Crippen LogP) is 2.95. The topological polar surface area (TPSA) is 69.6 Å². The molecular weight excluding hydrogens is 324 g/mol. The Kier molecular flexibility index (Phi) is 6.01. The van der Waals surface area contributed by atoms with Gasteiger partial charge in [-0.05, 0) is 24.1 Å². The van der Waals surface area contributed by atoms with Gasteiger partial charge in [0.25, 0.3) is 0 Å². The van der Waals surface area contributed by atoms with Gasteiger partial charge in [0.15, 0.2) is 0 Å². The highest BCUT2D eigenvalue weighted by Crippen LogP contribution is 2.28. The van der Waals surface area contributed by atoms with Gasteiger partial charge in [-0.1, -0.05) is 22.9 Å². The number of benzene rings is 1. The van der Waals surface area contributed by atoms with Gasteiger partial charge in [0.2, 0.25) is 5.91 Å². The molecule has 0 spiro atoms. The Labute approximate surface area is 127 Å². The second-order valence-electron chi connectivity index (χ2n) is 5.01. The van der Waals surface area contributed by atoms with Crippen LogP contribution in [-0.4, -0.2) is 31.1 Å². The number of carboxylic acids is 1. The van der Waals surface area contributed by atoms with Crippen molar-refractivity contribution in [1.29, 1.82) is 0 Å². The SMILES string of the molecule is CC(CC(=O)O)CC(=O)Nc1cc(Br)ccc1N(C)C. The van der Waals surface area contributed by atoms with Crippen LogP contribution in [0.15, 0.2) is 22.7 Å². The van der Waals surface area contributed by atoms with E-state index in [0.717, 1.165) is 10.2 Å². The van der Waals surface area contributed by atoms with E-state index >= 15 is 0 Å². The van der Waals surface area contributed by atoms with Crippen molar-refractivity contribution in [2.24, 2.45) is 5.92 Å². The zero-order valence-corrected chi connectivity index (χ0v) is 13.4. The molecule has 6 heteroatoms. The fourth-order valence-electron chi connectivity index (χ4n) is 1.89. The number of hydrogen-bond donors (Lipinski definition) is 2. The molecular formula is C14H19BrN2O3. The zero-order valence-electron chi connectivity index (χ0n) is 11.8. The first-order chi connectivity index (χ1) is 9.29. The van der Waals surface area contributed by atoms with Crippen LogP contribution < -0.4 is 10.2 Å². The summed E-state index contributed by atoms with van der Waals surface area (Å²) in [5.41, 5.74) is 1.60. The standard InChI is InChI=1S/C14H19BrN2O3/c1-9(7-14(19)20)6-13(18)16-11-8-10(15)4-5-12(11)17(2)3/h4-5,8-9H,6-7H2,1-3H3,(H,16,18)(H,19,20). The zero-order chi connectivity index (χ0) is 15.3. The Morgan fingerprint density at radius 1 is 1.35 bits per heavy atom. The van der Waals surface area contributed by atoms with Gasteiger partial charge in [0, 0.05) is 31.4 Å². The van der Waals surface area contributed by atoms with Gasteiger partial charge in [-0.2, -0.15) is 0 Å². The molecule has 1 amide bonds. The summed E-state index contributed by atoms with van der Waals surface area (Å²) in [6, 6.07) is 5.63. The average molecular weight is 343 g/mol. The minimum atomic E-state index is -0.887. The summed E-state index contributed by atoms with van der Waals surface area (Å²) in [5, 5.41) is 11.5. The second-order valence-corrected chi connectivity index (χ2v) is 5.93. The molecule has 2 N–H and O–H groups in total. The maximum absolute atomic E-state index is 12.0. The van der Waals surface area contributed by atoms with Crippen LogP contribution in [-0.2, 0) is 9.59 Å². The summed E-state index contributed by atoms with van der Waals surface area (Å²) >= 11 is 3.37. The van der Waals surface area contributed by atoms with E-state index in [-0.39, 0.29) is 24.7 Å². The first-order valence-corrected chi connectivity index (χ1v) is 7.07. The van der Waals surface area contributed by atoms with E-state index in [4.69, 9.17) is 5.11 Å². The van der Waals surface area contributed by atoms with Gasteiger partial charge < -0.3 is 15.3 Å². The van der Waals surface area contributed by atoms with Gasteiger partial charge in [0.1, 0.15) is 0 Å². The van der Waals surface area contributed by atoms with Gasteiger partial charge in [-0.3, -0.25) is 9.59 Å². The first kappa shape index (κ1) is 16.5. The van der Waals surface area contributed by atoms with Gasteiger partial charge >= 0.3 is 5.97 Å². The molecule has 1 aromatic rings. The van der Waals surface area contributed by atoms with Crippen LogP contribution >= 0.6 is 15.9 Å². The number of carbonyl (C=O) groups is 2. The summed E-state index contributed by atoms with van der Waals surface area (Å²) in [5.74, 6) is -1.26. The van der Waals surface area contributed by atoms with Crippen LogP contribution in [0.3, 0.4) is 0 Å². The number of nitrogens with zero attached hydrogens (tertiary/aromatic N) is 1. The van der Waals surface area contributed by atoms with Crippen LogP contribution in [0.25, 0.3) is 0 Å². The van der Waals surface area contributed by atoms with Gasteiger partial charge in [-0.25, -0.2) is 0 Å². The number of halogens is 1. The minimum absolute atomic E-state index is 0.00750. The van der Waals surface area contributed by atoms with Crippen molar-refractivity contribution >= 4 is 39.2 Å². The lowest BCUT2D eigenvalue weighted by Crippen LogP contribution is -2.19.